The third-order valence-electron chi connectivity index (χ3n) is 6.05. The number of nitro groups is 1. The van der Waals surface area contributed by atoms with Crippen molar-refractivity contribution in [3.8, 4) is 11.8 Å². The third kappa shape index (κ3) is 4.50. The predicted molar refractivity (Wildman–Crippen MR) is 143 cm³/mol. The molecule has 0 amide bonds. The first-order chi connectivity index (χ1) is 16.2. The van der Waals surface area contributed by atoms with Gasteiger partial charge in [0.2, 0.25) is 0 Å². The first-order valence-corrected chi connectivity index (χ1v) is 12.6. The number of nitrogens with two attached hydrogens (primary N) is 1. The summed E-state index contributed by atoms with van der Waals surface area (Å²) in [6.45, 7) is 0.252. The lowest BCUT2D eigenvalue weighted by Crippen LogP contribution is -2.36. The van der Waals surface area contributed by atoms with Crippen molar-refractivity contribution >= 4 is 56.7 Å². The Balaban J connectivity index is 1.67. The number of non-ortho nitro benzene ring substituents is 1. The largest absolute Gasteiger partial charge is 0.487 e. The maximum absolute atomic E-state index is 13.0. The molecule has 0 saturated heterocycles. The number of allylic oxidation sites excluding steroid dienone is 3. The van der Waals surface area contributed by atoms with E-state index in [2.05, 4.69) is 51.3 Å². The third-order valence-corrected chi connectivity index (χ3v) is 7.66. The lowest BCUT2D eigenvalue weighted by molar-refractivity contribution is -0.384. The molecule has 4 rings (SSSR count). The van der Waals surface area contributed by atoms with E-state index in [0.717, 1.165) is 36.8 Å². The van der Waals surface area contributed by atoms with Crippen molar-refractivity contribution in [1.82, 2.24) is 4.90 Å². The van der Waals surface area contributed by atoms with Gasteiger partial charge < -0.3 is 15.4 Å². The van der Waals surface area contributed by atoms with E-state index in [1.807, 2.05) is 12.1 Å². The van der Waals surface area contributed by atoms with Crippen molar-refractivity contribution in [2.75, 3.05) is 7.05 Å². The Morgan fingerprint density at radius 3 is 2.47 bits per heavy atom. The van der Waals surface area contributed by atoms with Crippen LogP contribution in [0.2, 0.25) is 0 Å². The van der Waals surface area contributed by atoms with E-state index in [9.17, 15) is 20.2 Å². The predicted octanol–water partition coefficient (Wildman–Crippen LogP) is 5.11. The van der Waals surface area contributed by atoms with Crippen LogP contribution in [0, 0.1) is 28.6 Å². The summed E-state index contributed by atoms with van der Waals surface area (Å²) in [5.41, 5.74) is 9.92. The highest BCUT2D eigenvalue weighted by Gasteiger charge is 2.39. The van der Waals surface area contributed by atoms with Crippen molar-refractivity contribution in [3.63, 3.8) is 0 Å². The van der Waals surface area contributed by atoms with Gasteiger partial charge >= 0.3 is 0 Å². The van der Waals surface area contributed by atoms with Gasteiger partial charge in [0.05, 0.1) is 29.6 Å². The molecule has 174 valence electrons. The Kier molecular flexibility index (Phi) is 7.13. The number of carbonyl (C=O) groups is 1. The van der Waals surface area contributed by atoms with Gasteiger partial charge in [-0.1, -0.05) is 0 Å². The molecule has 2 aromatic rings. The maximum Gasteiger partial charge on any atom is 0.269 e. The molecular formula is C24H20I2N4O4. The first-order valence-electron chi connectivity index (χ1n) is 10.5. The fourth-order valence-corrected chi connectivity index (χ4v) is 6.48. The van der Waals surface area contributed by atoms with Crippen molar-refractivity contribution < 1.29 is 14.5 Å². The zero-order chi connectivity index (χ0) is 24.6. The van der Waals surface area contributed by atoms with Crippen LogP contribution < -0.4 is 10.5 Å². The molecular weight excluding hydrogens is 662 g/mol. The van der Waals surface area contributed by atoms with Crippen LogP contribution in [0.5, 0.6) is 5.75 Å². The van der Waals surface area contributed by atoms with Crippen LogP contribution >= 0.6 is 45.2 Å². The molecule has 0 saturated carbocycles. The van der Waals surface area contributed by atoms with E-state index >= 15 is 0 Å². The number of benzene rings is 2. The summed E-state index contributed by atoms with van der Waals surface area (Å²) in [5.74, 6) is 0.608. The van der Waals surface area contributed by atoms with Crippen molar-refractivity contribution in [1.29, 1.82) is 5.26 Å². The van der Waals surface area contributed by atoms with Gasteiger partial charge in [-0.05, 0) is 93.4 Å². The number of hydrogen-bond donors (Lipinski definition) is 1. The Labute approximate surface area is 223 Å². The van der Waals surface area contributed by atoms with Gasteiger partial charge in [0, 0.05) is 36.9 Å². The van der Waals surface area contributed by atoms with Crippen LogP contribution in [0.1, 0.15) is 36.3 Å². The highest BCUT2D eigenvalue weighted by Crippen LogP contribution is 2.45. The minimum absolute atomic E-state index is 0.0296. The SMILES string of the molecule is CN1C(N)=C(C#N)[C@@H](c2cc(I)c(OCc3ccc([N+](=O)[O-])cc3)c(I)c2)C2=C1CCCC2=O. The second-order valence-electron chi connectivity index (χ2n) is 8.07. The normalized spacial score (nSPS) is 18.0. The van der Waals surface area contributed by atoms with Crippen molar-refractivity contribution in [2.24, 2.45) is 5.73 Å². The molecule has 0 bridgehead atoms. The minimum atomic E-state index is -0.505. The van der Waals surface area contributed by atoms with Crippen molar-refractivity contribution in [3.05, 3.63) is 87.4 Å². The molecule has 1 aliphatic carbocycles. The molecule has 0 fully saturated rings. The number of rotatable bonds is 5. The summed E-state index contributed by atoms with van der Waals surface area (Å²) in [6, 6.07) is 12.3. The topological polar surface area (TPSA) is 122 Å². The molecule has 1 aliphatic heterocycles. The Morgan fingerprint density at radius 2 is 1.88 bits per heavy atom. The number of halogens is 2. The highest BCUT2D eigenvalue weighted by molar-refractivity contribution is 14.1. The molecule has 10 heteroatoms. The number of Topliss-reactive ketones (excluding diaryl/α,β-unsaturated/α-hetero) is 1. The van der Waals surface area contributed by atoms with Crippen molar-refractivity contribution in [2.45, 2.75) is 31.8 Å². The average Bonchev–Trinajstić information content (AvgIpc) is 2.81. The molecule has 0 spiro atoms. The monoisotopic (exact) mass is 682 g/mol. The van der Waals surface area contributed by atoms with Gasteiger partial charge in [0.1, 0.15) is 18.2 Å². The maximum atomic E-state index is 13.0. The number of nitrogens with zero attached hydrogens (tertiary/aromatic N) is 3. The quantitative estimate of drug-likeness (QED) is 0.264. The zero-order valence-electron chi connectivity index (χ0n) is 18.2. The minimum Gasteiger partial charge on any atom is -0.487 e. The molecule has 2 aromatic carbocycles. The lowest BCUT2D eigenvalue weighted by atomic mass is 9.76. The van der Waals surface area contributed by atoms with E-state index in [1.165, 1.54) is 12.1 Å². The summed E-state index contributed by atoms with van der Waals surface area (Å²) in [4.78, 5) is 25.1. The van der Waals surface area contributed by atoms with Crippen LogP contribution in [0.25, 0.3) is 0 Å². The highest BCUT2D eigenvalue weighted by atomic mass is 127. The molecule has 0 aromatic heterocycles. The summed E-state index contributed by atoms with van der Waals surface area (Å²) < 4.78 is 7.71. The summed E-state index contributed by atoms with van der Waals surface area (Å²) in [5, 5.41) is 20.8. The number of ketones is 1. The number of ether oxygens (including phenoxy) is 1. The zero-order valence-corrected chi connectivity index (χ0v) is 22.5. The van der Waals surface area contributed by atoms with E-state index in [-0.39, 0.29) is 18.1 Å². The molecule has 1 atom stereocenters. The molecule has 34 heavy (non-hydrogen) atoms. The van der Waals surface area contributed by atoms with Crippen LogP contribution in [0.15, 0.2) is 59.1 Å². The standard InChI is InChI=1S/C24H20I2N4O4/c1-29-19-3-2-4-20(31)22(19)21(16(11-27)24(29)28)14-9-17(25)23(18(26)10-14)34-12-13-5-7-15(8-6-13)30(32)33/h5-10,21H,2-4,12,28H2,1H3/t21-/m1/s1. The van der Waals surface area contributed by atoms with Gasteiger partial charge in [-0.15, -0.1) is 0 Å². The van der Waals surface area contributed by atoms with Gasteiger partial charge in [-0.25, -0.2) is 0 Å². The van der Waals surface area contributed by atoms with Gasteiger partial charge in [0.15, 0.2) is 5.78 Å². The average molecular weight is 682 g/mol. The number of nitriles is 1. The molecule has 1 heterocycles. The van der Waals surface area contributed by atoms with Gasteiger partial charge in [-0.3, -0.25) is 14.9 Å². The molecule has 2 N–H and O–H groups in total. The fourth-order valence-electron chi connectivity index (χ4n) is 4.35. The number of carbonyl (C=O) groups excluding carboxylic acids is 1. The first kappa shape index (κ1) is 24.5. The summed E-state index contributed by atoms with van der Waals surface area (Å²) in [6.07, 6.45) is 1.99. The smallest absolute Gasteiger partial charge is 0.269 e. The van der Waals surface area contributed by atoms with Gasteiger partial charge in [0.25, 0.3) is 5.69 Å². The Bertz CT molecular complexity index is 1270. The van der Waals surface area contributed by atoms with Crippen LogP contribution in [0.3, 0.4) is 0 Å². The summed E-state index contributed by atoms with van der Waals surface area (Å²) >= 11 is 4.37. The van der Waals surface area contributed by atoms with Gasteiger partial charge in [-0.2, -0.15) is 5.26 Å². The summed E-state index contributed by atoms with van der Waals surface area (Å²) in [7, 11) is 1.81. The van der Waals surface area contributed by atoms with Crippen LogP contribution in [-0.2, 0) is 11.4 Å². The number of hydrogen-bond acceptors (Lipinski definition) is 7. The molecule has 8 nitrogen and oxygen atoms in total. The second kappa shape index (κ2) is 9.91. The second-order valence-corrected chi connectivity index (χ2v) is 10.4. The Morgan fingerprint density at radius 1 is 1.24 bits per heavy atom. The van der Waals surface area contributed by atoms with Crippen LogP contribution in [-0.4, -0.2) is 22.7 Å². The number of nitro benzene ring substituents is 1. The molecule has 0 radical (unpaired) electrons. The van der Waals surface area contributed by atoms with E-state index in [1.54, 1.807) is 24.1 Å². The van der Waals surface area contributed by atoms with E-state index in [4.69, 9.17) is 10.5 Å². The van der Waals surface area contributed by atoms with E-state index < -0.39 is 10.8 Å². The molecule has 0 unspecified atom stereocenters. The van der Waals surface area contributed by atoms with E-state index in [0.29, 0.717) is 29.1 Å². The fraction of sp³-hybridized carbons (Fsp3) is 0.250. The molecule has 2 aliphatic rings. The lowest BCUT2D eigenvalue weighted by Gasteiger charge is -2.37. The Hall–Kier alpha value is -2.66. The van der Waals surface area contributed by atoms with Crippen LogP contribution in [0.4, 0.5) is 5.69 Å².